The first kappa shape index (κ1) is 16.7. The van der Waals surface area contributed by atoms with Gasteiger partial charge in [0.15, 0.2) is 0 Å². The molecule has 0 radical (unpaired) electrons. The molecule has 0 saturated carbocycles. The standard InChI is InChI=1S/C23H16O4/c24-19-7-1-15(2-8-19)18-13-22(16-3-9-20(25)10-4-16)27-23(14-18)17-5-11-21(26)12-6-17/h1-14H,(H2-,24,25,26)/p+1. The SMILES string of the molecule is Oc1ccc(-c2cc(-c3ccc(O)cc3)[o+]c(-c3ccc(O)cc3)c2)cc1. The van der Waals surface area contributed by atoms with Crippen LogP contribution in [-0.4, -0.2) is 15.3 Å². The number of phenolic OH excluding ortho intramolecular Hbond substituents is 3. The topological polar surface area (TPSA) is 72.0 Å². The van der Waals surface area contributed by atoms with E-state index in [4.69, 9.17) is 4.42 Å². The Labute approximate surface area is 156 Å². The van der Waals surface area contributed by atoms with Crippen molar-refractivity contribution in [2.24, 2.45) is 0 Å². The molecule has 0 bridgehead atoms. The van der Waals surface area contributed by atoms with Crippen molar-refractivity contribution in [3.8, 4) is 51.0 Å². The van der Waals surface area contributed by atoms with Crippen LogP contribution in [0.1, 0.15) is 0 Å². The van der Waals surface area contributed by atoms with Crippen LogP contribution in [-0.2, 0) is 0 Å². The molecule has 4 rings (SSSR count). The summed E-state index contributed by atoms with van der Waals surface area (Å²) in [6.07, 6.45) is 0. The van der Waals surface area contributed by atoms with Gasteiger partial charge in [0.1, 0.15) is 17.2 Å². The van der Waals surface area contributed by atoms with E-state index < -0.39 is 0 Å². The van der Waals surface area contributed by atoms with Gasteiger partial charge in [0.05, 0.1) is 23.3 Å². The molecule has 0 aliphatic heterocycles. The molecule has 1 heterocycles. The average molecular weight is 357 g/mol. The number of rotatable bonds is 3. The summed E-state index contributed by atoms with van der Waals surface area (Å²) in [5.41, 5.74) is 3.51. The van der Waals surface area contributed by atoms with Crippen molar-refractivity contribution in [2.45, 2.75) is 0 Å². The molecular weight excluding hydrogens is 340 g/mol. The predicted molar refractivity (Wildman–Crippen MR) is 104 cm³/mol. The van der Waals surface area contributed by atoms with Gasteiger partial charge in [-0.2, -0.15) is 0 Å². The first-order valence-corrected chi connectivity index (χ1v) is 8.45. The van der Waals surface area contributed by atoms with Gasteiger partial charge < -0.3 is 15.3 Å². The zero-order valence-electron chi connectivity index (χ0n) is 14.3. The minimum atomic E-state index is 0.187. The molecule has 27 heavy (non-hydrogen) atoms. The maximum Gasteiger partial charge on any atom is 0.361 e. The van der Waals surface area contributed by atoms with Crippen molar-refractivity contribution in [3.63, 3.8) is 0 Å². The highest BCUT2D eigenvalue weighted by atomic mass is 16.3. The Kier molecular flexibility index (Phi) is 4.22. The molecule has 0 unspecified atom stereocenters. The summed E-state index contributed by atoms with van der Waals surface area (Å²) in [6, 6.07) is 24.4. The number of hydrogen-bond acceptors (Lipinski definition) is 3. The summed E-state index contributed by atoms with van der Waals surface area (Å²) in [5.74, 6) is 1.86. The van der Waals surface area contributed by atoms with Gasteiger partial charge in [-0.05, 0) is 66.2 Å². The lowest BCUT2D eigenvalue weighted by Crippen LogP contribution is -1.86. The number of aromatic hydroxyl groups is 3. The molecule has 0 aliphatic rings. The van der Waals surface area contributed by atoms with Gasteiger partial charge in [-0.3, -0.25) is 0 Å². The van der Waals surface area contributed by atoms with E-state index in [2.05, 4.69) is 0 Å². The summed E-state index contributed by atoms with van der Waals surface area (Å²) >= 11 is 0. The van der Waals surface area contributed by atoms with Gasteiger partial charge in [-0.25, -0.2) is 4.42 Å². The first-order valence-electron chi connectivity index (χ1n) is 8.45. The minimum absolute atomic E-state index is 0.187. The first-order chi connectivity index (χ1) is 13.1. The van der Waals surface area contributed by atoms with Gasteiger partial charge in [-0.1, -0.05) is 12.1 Å². The Balaban J connectivity index is 1.89. The molecule has 4 aromatic rings. The highest BCUT2D eigenvalue weighted by molar-refractivity contribution is 5.75. The average Bonchev–Trinajstić information content (AvgIpc) is 2.69. The van der Waals surface area contributed by atoms with Crippen molar-refractivity contribution in [2.75, 3.05) is 0 Å². The van der Waals surface area contributed by atoms with Crippen molar-refractivity contribution >= 4 is 0 Å². The summed E-state index contributed by atoms with van der Waals surface area (Å²) in [6.45, 7) is 0. The monoisotopic (exact) mass is 357 g/mol. The van der Waals surface area contributed by atoms with Gasteiger partial charge in [-0.15, -0.1) is 0 Å². The van der Waals surface area contributed by atoms with Crippen molar-refractivity contribution in [1.82, 2.24) is 0 Å². The van der Waals surface area contributed by atoms with Gasteiger partial charge >= 0.3 is 11.5 Å². The van der Waals surface area contributed by atoms with E-state index in [1.807, 2.05) is 24.3 Å². The fourth-order valence-corrected chi connectivity index (χ4v) is 2.86. The molecule has 4 heteroatoms. The van der Waals surface area contributed by atoms with Crippen molar-refractivity contribution < 1.29 is 19.7 Å². The Hall–Kier alpha value is -3.79. The summed E-state index contributed by atoms with van der Waals surface area (Å²) in [5, 5.41) is 28.6. The smallest absolute Gasteiger partial charge is 0.361 e. The van der Waals surface area contributed by atoms with E-state index in [9.17, 15) is 15.3 Å². The van der Waals surface area contributed by atoms with Crippen LogP contribution in [0, 0.1) is 0 Å². The maximum atomic E-state index is 9.55. The molecule has 0 aliphatic carbocycles. The summed E-state index contributed by atoms with van der Waals surface area (Å²) < 4.78 is 6.10. The van der Waals surface area contributed by atoms with Crippen LogP contribution >= 0.6 is 0 Å². The number of phenols is 3. The van der Waals surface area contributed by atoms with Gasteiger partial charge in [0, 0.05) is 5.56 Å². The van der Waals surface area contributed by atoms with E-state index in [0.717, 1.165) is 22.3 Å². The zero-order chi connectivity index (χ0) is 18.8. The second kappa shape index (κ2) is 6.84. The lowest BCUT2D eigenvalue weighted by molar-refractivity contribution is 0.475. The normalized spacial score (nSPS) is 10.7. The van der Waals surface area contributed by atoms with Crippen molar-refractivity contribution in [3.05, 3.63) is 84.9 Å². The molecule has 132 valence electrons. The summed E-state index contributed by atoms with van der Waals surface area (Å²) in [7, 11) is 0. The number of benzene rings is 3. The Morgan fingerprint density at radius 2 is 0.741 bits per heavy atom. The summed E-state index contributed by atoms with van der Waals surface area (Å²) in [4.78, 5) is 0. The second-order valence-electron chi connectivity index (χ2n) is 6.22. The molecule has 0 fully saturated rings. The third kappa shape index (κ3) is 3.60. The third-order valence-corrected chi connectivity index (χ3v) is 4.30. The third-order valence-electron chi connectivity index (χ3n) is 4.30. The van der Waals surface area contributed by atoms with E-state index in [-0.39, 0.29) is 17.2 Å². The van der Waals surface area contributed by atoms with Crippen molar-refractivity contribution in [1.29, 1.82) is 0 Å². The molecule has 0 atom stereocenters. The highest BCUT2D eigenvalue weighted by Gasteiger charge is 2.20. The Morgan fingerprint density at radius 3 is 1.11 bits per heavy atom. The van der Waals surface area contributed by atoms with Crippen LogP contribution in [0.3, 0.4) is 0 Å². The largest absolute Gasteiger partial charge is 0.508 e. The second-order valence-corrected chi connectivity index (χ2v) is 6.22. The van der Waals surface area contributed by atoms with Gasteiger partial charge in [0.2, 0.25) is 0 Å². The van der Waals surface area contributed by atoms with Crippen LogP contribution in [0.2, 0.25) is 0 Å². The lowest BCUT2D eigenvalue weighted by Gasteiger charge is -2.03. The van der Waals surface area contributed by atoms with E-state index >= 15 is 0 Å². The van der Waals surface area contributed by atoms with Crippen LogP contribution in [0.15, 0.2) is 89.3 Å². The lowest BCUT2D eigenvalue weighted by atomic mass is 10.0. The van der Waals surface area contributed by atoms with E-state index in [0.29, 0.717) is 11.5 Å². The quantitative estimate of drug-likeness (QED) is 0.413. The zero-order valence-corrected chi connectivity index (χ0v) is 14.3. The molecule has 0 amide bonds. The van der Waals surface area contributed by atoms with Crippen LogP contribution in [0.5, 0.6) is 17.2 Å². The molecule has 0 saturated heterocycles. The van der Waals surface area contributed by atoms with E-state index in [1.165, 1.54) is 0 Å². The minimum Gasteiger partial charge on any atom is -0.508 e. The predicted octanol–water partition coefficient (Wildman–Crippen LogP) is 5.68. The molecule has 1 aromatic heterocycles. The van der Waals surface area contributed by atoms with Crippen LogP contribution < -0.4 is 0 Å². The van der Waals surface area contributed by atoms with Crippen LogP contribution in [0.25, 0.3) is 33.8 Å². The molecule has 4 nitrogen and oxygen atoms in total. The molecule has 0 spiro atoms. The Bertz CT molecular complexity index is 913. The number of hydrogen-bond donors (Lipinski definition) is 3. The van der Waals surface area contributed by atoms with Gasteiger partial charge in [0.25, 0.3) is 0 Å². The Morgan fingerprint density at radius 1 is 0.407 bits per heavy atom. The van der Waals surface area contributed by atoms with Crippen LogP contribution in [0.4, 0.5) is 0 Å². The fourth-order valence-electron chi connectivity index (χ4n) is 2.86. The molecule has 3 N–H and O–H groups in total. The fraction of sp³-hybridized carbons (Fsp3) is 0. The molecular formula is C23H17O4+. The maximum absolute atomic E-state index is 9.55. The molecule has 3 aromatic carbocycles. The van der Waals surface area contributed by atoms with E-state index in [1.54, 1.807) is 60.7 Å². The highest BCUT2D eigenvalue weighted by Crippen LogP contribution is 2.34.